The smallest absolute Gasteiger partial charge is 0.238 e. The number of thioether (sulfide) groups is 1. The third-order valence-corrected chi connectivity index (χ3v) is 5.85. The summed E-state index contributed by atoms with van der Waals surface area (Å²) in [6.45, 7) is 3.68. The van der Waals surface area contributed by atoms with E-state index in [1.165, 1.54) is 36.0 Å². The number of anilines is 1. The van der Waals surface area contributed by atoms with Gasteiger partial charge in [0, 0.05) is 5.69 Å². The number of amides is 1. The molecule has 146 valence electrons. The Bertz CT molecular complexity index is 1100. The second kappa shape index (κ2) is 8.09. The number of hydrogen-bond donors (Lipinski definition) is 2. The fourth-order valence-corrected chi connectivity index (χ4v) is 3.70. The van der Waals surface area contributed by atoms with Crippen LogP contribution < -0.4 is 10.5 Å². The minimum atomic E-state index is -3.78. The Morgan fingerprint density at radius 1 is 1.18 bits per heavy atom. The van der Waals surface area contributed by atoms with Gasteiger partial charge in [-0.05, 0) is 60.2 Å². The van der Waals surface area contributed by atoms with Crippen LogP contribution in [-0.2, 0) is 14.8 Å². The number of nitrogens with two attached hydrogens (primary N) is 1. The van der Waals surface area contributed by atoms with E-state index in [1.807, 2.05) is 31.2 Å². The van der Waals surface area contributed by atoms with Crippen LogP contribution in [-0.4, -0.2) is 39.8 Å². The minimum Gasteiger partial charge on any atom is -0.325 e. The monoisotopic (exact) mass is 418 g/mol. The van der Waals surface area contributed by atoms with Crippen molar-refractivity contribution in [3.05, 3.63) is 54.1 Å². The van der Waals surface area contributed by atoms with Crippen molar-refractivity contribution in [2.75, 3.05) is 5.32 Å². The van der Waals surface area contributed by atoms with Crippen LogP contribution in [0.5, 0.6) is 0 Å². The van der Waals surface area contributed by atoms with Crippen LogP contribution in [0.25, 0.3) is 5.69 Å². The number of para-hydroxylation sites is 1. The van der Waals surface area contributed by atoms with Crippen LogP contribution in [0.1, 0.15) is 12.5 Å². The molecule has 3 N–H and O–H groups in total. The Morgan fingerprint density at radius 2 is 1.86 bits per heavy atom. The maximum Gasteiger partial charge on any atom is 0.238 e. The van der Waals surface area contributed by atoms with E-state index in [0.717, 1.165) is 11.3 Å². The van der Waals surface area contributed by atoms with E-state index in [1.54, 1.807) is 11.6 Å². The van der Waals surface area contributed by atoms with Crippen LogP contribution in [0.4, 0.5) is 5.69 Å². The van der Waals surface area contributed by atoms with E-state index < -0.39 is 15.3 Å². The number of nitrogens with zero attached hydrogens (tertiary/aromatic N) is 4. The first kappa shape index (κ1) is 20.0. The molecule has 0 aliphatic heterocycles. The number of carbonyl (C=O) groups excluding carboxylic acids is 1. The van der Waals surface area contributed by atoms with Gasteiger partial charge in [0.1, 0.15) is 0 Å². The van der Waals surface area contributed by atoms with Crippen LogP contribution in [0, 0.1) is 6.92 Å². The van der Waals surface area contributed by atoms with Crippen LogP contribution >= 0.6 is 11.8 Å². The highest BCUT2D eigenvalue weighted by atomic mass is 32.2. The molecule has 0 saturated carbocycles. The highest BCUT2D eigenvalue weighted by Gasteiger charge is 2.20. The summed E-state index contributed by atoms with van der Waals surface area (Å²) < 4.78 is 24.2. The summed E-state index contributed by atoms with van der Waals surface area (Å²) in [5.74, 6) is -0.271. The number of primary sulfonamides is 1. The van der Waals surface area contributed by atoms with Crippen molar-refractivity contribution in [3.63, 3.8) is 0 Å². The summed E-state index contributed by atoms with van der Waals surface area (Å²) in [5.41, 5.74) is 2.30. The molecule has 1 heterocycles. The third-order valence-electron chi connectivity index (χ3n) is 3.89. The van der Waals surface area contributed by atoms with Crippen molar-refractivity contribution >= 4 is 33.4 Å². The van der Waals surface area contributed by atoms with Gasteiger partial charge in [-0.25, -0.2) is 13.6 Å². The molecule has 1 atom stereocenters. The molecular weight excluding hydrogens is 400 g/mol. The van der Waals surface area contributed by atoms with Gasteiger partial charge in [0.2, 0.25) is 21.1 Å². The lowest BCUT2D eigenvalue weighted by molar-refractivity contribution is -0.115. The molecule has 0 radical (unpaired) electrons. The molecule has 3 aromatic rings. The summed E-state index contributed by atoms with van der Waals surface area (Å²) in [4.78, 5) is 12.5. The van der Waals surface area contributed by atoms with Crippen LogP contribution in [0.3, 0.4) is 0 Å². The Balaban J connectivity index is 1.70. The molecule has 0 aliphatic carbocycles. The van der Waals surface area contributed by atoms with Crippen molar-refractivity contribution in [1.29, 1.82) is 0 Å². The summed E-state index contributed by atoms with van der Waals surface area (Å²) in [7, 11) is -3.78. The van der Waals surface area contributed by atoms with Crippen molar-refractivity contribution in [3.8, 4) is 5.69 Å². The van der Waals surface area contributed by atoms with Crippen molar-refractivity contribution < 1.29 is 13.2 Å². The number of carbonyl (C=O) groups is 1. The van der Waals surface area contributed by atoms with Gasteiger partial charge in [-0.3, -0.25) is 4.79 Å². The SMILES string of the molecule is Cc1ccccc1-n1nnnc1S[C@@H](C)C(=O)Nc1ccc(S(N)(=O)=O)cc1. The number of rotatable bonds is 6. The molecule has 1 aromatic heterocycles. The zero-order chi connectivity index (χ0) is 20.3. The Kier molecular flexibility index (Phi) is 5.77. The van der Waals surface area contributed by atoms with Gasteiger partial charge in [0.25, 0.3) is 0 Å². The highest BCUT2D eigenvalue weighted by molar-refractivity contribution is 8.00. The summed E-state index contributed by atoms with van der Waals surface area (Å²) in [5, 5.41) is 19.5. The highest BCUT2D eigenvalue weighted by Crippen LogP contribution is 2.25. The lowest BCUT2D eigenvalue weighted by Crippen LogP contribution is -2.23. The molecule has 0 fully saturated rings. The number of aryl methyl sites for hydroxylation is 1. The second-order valence-corrected chi connectivity index (χ2v) is 8.85. The Hall–Kier alpha value is -2.76. The van der Waals surface area contributed by atoms with E-state index in [4.69, 9.17) is 5.14 Å². The zero-order valence-corrected chi connectivity index (χ0v) is 16.7. The van der Waals surface area contributed by atoms with E-state index in [-0.39, 0.29) is 10.8 Å². The van der Waals surface area contributed by atoms with Crippen molar-refractivity contribution in [2.45, 2.75) is 29.1 Å². The molecule has 2 aromatic carbocycles. The molecule has 9 nitrogen and oxygen atoms in total. The average Bonchev–Trinajstić information content (AvgIpc) is 3.09. The normalized spacial score (nSPS) is 12.5. The van der Waals surface area contributed by atoms with E-state index >= 15 is 0 Å². The average molecular weight is 419 g/mol. The number of benzene rings is 2. The quantitative estimate of drug-likeness (QED) is 0.583. The second-order valence-electron chi connectivity index (χ2n) is 5.98. The largest absolute Gasteiger partial charge is 0.325 e. The molecule has 0 saturated heterocycles. The van der Waals surface area contributed by atoms with Gasteiger partial charge in [0.05, 0.1) is 15.8 Å². The van der Waals surface area contributed by atoms with Gasteiger partial charge in [-0.2, -0.15) is 4.68 Å². The molecule has 0 bridgehead atoms. The van der Waals surface area contributed by atoms with Crippen molar-refractivity contribution in [1.82, 2.24) is 20.2 Å². The molecule has 0 spiro atoms. The summed E-state index contributed by atoms with van der Waals surface area (Å²) >= 11 is 1.21. The third kappa shape index (κ3) is 4.55. The van der Waals surface area contributed by atoms with Gasteiger partial charge in [-0.1, -0.05) is 30.0 Å². The van der Waals surface area contributed by atoms with Gasteiger partial charge < -0.3 is 5.32 Å². The molecule has 3 rings (SSSR count). The number of sulfonamides is 1. The number of aromatic nitrogens is 4. The first-order valence-electron chi connectivity index (χ1n) is 8.20. The topological polar surface area (TPSA) is 133 Å². The molecule has 11 heteroatoms. The first-order valence-corrected chi connectivity index (χ1v) is 10.6. The minimum absolute atomic E-state index is 0.0228. The molecule has 0 unspecified atom stereocenters. The maximum absolute atomic E-state index is 12.5. The summed E-state index contributed by atoms with van der Waals surface area (Å²) in [6, 6.07) is 13.3. The Morgan fingerprint density at radius 3 is 2.50 bits per heavy atom. The molecular formula is C17H18N6O3S2. The van der Waals surface area contributed by atoms with Gasteiger partial charge in [-0.15, -0.1) is 5.10 Å². The molecule has 0 aliphatic rings. The predicted molar refractivity (Wildman–Crippen MR) is 106 cm³/mol. The van der Waals surface area contributed by atoms with Crippen LogP contribution in [0.15, 0.2) is 58.6 Å². The molecule has 28 heavy (non-hydrogen) atoms. The van der Waals surface area contributed by atoms with E-state index in [0.29, 0.717) is 10.8 Å². The maximum atomic E-state index is 12.5. The lowest BCUT2D eigenvalue weighted by Gasteiger charge is -2.12. The fourth-order valence-electron chi connectivity index (χ4n) is 2.39. The number of hydrogen-bond acceptors (Lipinski definition) is 7. The summed E-state index contributed by atoms with van der Waals surface area (Å²) in [6.07, 6.45) is 0. The Labute approximate surface area is 166 Å². The van der Waals surface area contributed by atoms with Crippen LogP contribution in [0.2, 0.25) is 0 Å². The standard InChI is InChI=1S/C17H18N6O3S2/c1-11-5-3-4-6-15(11)23-17(20-21-22-23)27-12(2)16(24)19-13-7-9-14(10-8-13)28(18,25)26/h3-10,12H,1-2H3,(H,19,24)(H2,18,25,26)/t12-/m0/s1. The van der Waals surface area contributed by atoms with E-state index in [2.05, 4.69) is 20.8 Å². The zero-order valence-electron chi connectivity index (χ0n) is 15.1. The fraction of sp³-hybridized carbons (Fsp3) is 0.176. The molecule has 1 amide bonds. The van der Waals surface area contributed by atoms with Gasteiger partial charge in [0.15, 0.2) is 0 Å². The van der Waals surface area contributed by atoms with Gasteiger partial charge >= 0.3 is 0 Å². The first-order chi connectivity index (χ1) is 13.3. The van der Waals surface area contributed by atoms with E-state index in [9.17, 15) is 13.2 Å². The lowest BCUT2D eigenvalue weighted by atomic mass is 10.2. The predicted octanol–water partition coefficient (Wildman–Crippen LogP) is 1.74. The number of tetrazole rings is 1. The number of nitrogens with one attached hydrogen (secondary N) is 1. The van der Waals surface area contributed by atoms with Crippen molar-refractivity contribution in [2.24, 2.45) is 5.14 Å².